The molecule has 1 unspecified atom stereocenters. The summed E-state index contributed by atoms with van der Waals surface area (Å²) >= 11 is 0. The fourth-order valence-corrected chi connectivity index (χ4v) is 1.25. The first-order valence-electron chi connectivity index (χ1n) is 4.73. The highest BCUT2D eigenvalue weighted by Crippen LogP contribution is 2.13. The van der Waals surface area contributed by atoms with Crippen molar-refractivity contribution >= 4 is 6.72 Å². The van der Waals surface area contributed by atoms with Gasteiger partial charge < -0.3 is 4.99 Å². The lowest BCUT2D eigenvalue weighted by molar-refractivity contribution is 0.460. The van der Waals surface area contributed by atoms with Crippen molar-refractivity contribution in [3.63, 3.8) is 0 Å². The SMILES string of the molecule is C=NCCCC(C)CCCC. The van der Waals surface area contributed by atoms with E-state index in [9.17, 15) is 0 Å². The van der Waals surface area contributed by atoms with Gasteiger partial charge in [-0.3, -0.25) is 0 Å². The highest BCUT2D eigenvalue weighted by molar-refractivity contribution is 5.22. The average Bonchev–Trinajstić information content (AvgIpc) is 2.01. The van der Waals surface area contributed by atoms with Crippen LogP contribution in [0.2, 0.25) is 0 Å². The van der Waals surface area contributed by atoms with Crippen molar-refractivity contribution in [2.24, 2.45) is 10.9 Å². The zero-order chi connectivity index (χ0) is 8.53. The van der Waals surface area contributed by atoms with Gasteiger partial charge in [0, 0.05) is 6.54 Å². The maximum atomic E-state index is 3.84. The summed E-state index contributed by atoms with van der Waals surface area (Å²) in [4.78, 5) is 3.84. The Hall–Kier alpha value is -0.330. The van der Waals surface area contributed by atoms with E-state index in [-0.39, 0.29) is 0 Å². The maximum Gasteiger partial charge on any atom is 0.0382 e. The zero-order valence-corrected chi connectivity index (χ0v) is 7.97. The number of hydrogen-bond acceptors (Lipinski definition) is 1. The van der Waals surface area contributed by atoms with Crippen LogP contribution in [-0.2, 0) is 0 Å². The number of rotatable bonds is 7. The summed E-state index contributed by atoms with van der Waals surface area (Å²) in [5.74, 6) is 0.886. The molecule has 0 aromatic heterocycles. The van der Waals surface area contributed by atoms with Crippen LogP contribution in [0.3, 0.4) is 0 Å². The van der Waals surface area contributed by atoms with E-state index in [0.717, 1.165) is 12.5 Å². The van der Waals surface area contributed by atoms with Crippen molar-refractivity contribution in [3.8, 4) is 0 Å². The fourth-order valence-electron chi connectivity index (χ4n) is 1.25. The largest absolute Gasteiger partial charge is 0.301 e. The number of aliphatic imine (C=N–C) groups is 1. The summed E-state index contributed by atoms with van der Waals surface area (Å²) in [7, 11) is 0. The molecule has 66 valence electrons. The third-order valence-corrected chi connectivity index (χ3v) is 2.06. The Morgan fingerprint density at radius 3 is 2.45 bits per heavy atom. The Kier molecular flexibility index (Phi) is 7.54. The van der Waals surface area contributed by atoms with Crippen molar-refractivity contribution in [2.45, 2.75) is 46.0 Å². The van der Waals surface area contributed by atoms with Gasteiger partial charge in [0.25, 0.3) is 0 Å². The molecular formula is C10H21N. The van der Waals surface area contributed by atoms with Crippen molar-refractivity contribution in [1.82, 2.24) is 0 Å². The molecule has 0 aromatic rings. The molecule has 0 aromatic carbocycles. The van der Waals surface area contributed by atoms with Crippen molar-refractivity contribution in [1.29, 1.82) is 0 Å². The molecule has 0 rings (SSSR count). The van der Waals surface area contributed by atoms with Crippen LogP contribution in [0.1, 0.15) is 46.0 Å². The van der Waals surface area contributed by atoms with Crippen molar-refractivity contribution in [2.75, 3.05) is 6.54 Å². The summed E-state index contributed by atoms with van der Waals surface area (Å²) in [5, 5.41) is 0. The number of hydrogen-bond donors (Lipinski definition) is 0. The van der Waals surface area contributed by atoms with Crippen LogP contribution >= 0.6 is 0 Å². The van der Waals surface area contributed by atoms with Crippen LogP contribution in [0.15, 0.2) is 4.99 Å². The molecule has 0 saturated heterocycles. The molecule has 0 saturated carbocycles. The zero-order valence-electron chi connectivity index (χ0n) is 7.97. The lowest BCUT2D eigenvalue weighted by Gasteiger charge is -2.08. The van der Waals surface area contributed by atoms with E-state index >= 15 is 0 Å². The maximum absolute atomic E-state index is 3.84. The van der Waals surface area contributed by atoms with E-state index in [4.69, 9.17) is 0 Å². The second kappa shape index (κ2) is 7.77. The van der Waals surface area contributed by atoms with Crippen LogP contribution in [-0.4, -0.2) is 13.3 Å². The Bertz CT molecular complexity index is 88.9. The van der Waals surface area contributed by atoms with Crippen molar-refractivity contribution < 1.29 is 0 Å². The Morgan fingerprint density at radius 2 is 1.91 bits per heavy atom. The predicted octanol–water partition coefficient (Wildman–Crippen LogP) is 3.29. The monoisotopic (exact) mass is 155 g/mol. The van der Waals surface area contributed by atoms with Gasteiger partial charge in [0.1, 0.15) is 0 Å². The van der Waals surface area contributed by atoms with Gasteiger partial charge in [-0.1, -0.05) is 33.1 Å². The second-order valence-electron chi connectivity index (χ2n) is 3.34. The molecular weight excluding hydrogens is 134 g/mol. The third-order valence-electron chi connectivity index (χ3n) is 2.06. The lowest BCUT2D eigenvalue weighted by Crippen LogP contribution is -1.95. The second-order valence-corrected chi connectivity index (χ2v) is 3.34. The molecule has 1 atom stereocenters. The molecule has 0 aliphatic carbocycles. The van der Waals surface area contributed by atoms with Gasteiger partial charge in [-0.05, 0) is 25.5 Å². The molecule has 0 amide bonds. The Morgan fingerprint density at radius 1 is 1.27 bits per heavy atom. The Labute approximate surface area is 70.9 Å². The van der Waals surface area contributed by atoms with Crippen molar-refractivity contribution in [3.05, 3.63) is 0 Å². The predicted molar refractivity (Wildman–Crippen MR) is 52.3 cm³/mol. The molecule has 0 aliphatic rings. The standard InChI is InChI=1S/C10H21N/c1-4-5-7-10(2)8-6-9-11-3/h10H,3-9H2,1-2H3. The third kappa shape index (κ3) is 7.57. The molecule has 0 fully saturated rings. The number of nitrogens with zero attached hydrogens (tertiary/aromatic N) is 1. The van der Waals surface area contributed by atoms with Gasteiger partial charge in [-0.15, -0.1) is 0 Å². The van der Waals surface area contributed by atoms with Crippen LogP contribution in [0.5, 0.6) is 0 Å². The van der Waals surface area contributed by atoms with E-state index < -0.39 is 0 Å². The molecule has 0 radical (unpaired) electrons. The highest BCUT2D eigenvalue weighted by atomic mass is 14.7. The minimum absolute atomic E-state index is 0.886. The topological polar surface area (TPSA) is 12.4 Å². The molecule has 0 spiro atoms. The molecule has 0 N–H and O–H groups in total. The summed E-state index contributed by atoms with van der Waals surface area (Å²) in [6.07, 6.45) is 6.62. The fraction of sp³-hybridized carbons (Fsp3) is 0.900. The van der Waals surface area contributed by atoms with Crippen LogP contribution in [0.4, 0.5) is 0 Å². The quantitative estimate of drug-likeness (QED) is 0.395. The summed E-state index contributed by atoms with van der Waals surface area (Å²) in [6, 6.07) is 0. The van der Waals surface area contributed by atoms with E-state index in [1.807, 2.05) is 0 Å². The average molecular weight is 155 g/mol. The molecule has 0 bridgehead atoms. The Balaban J connectivity index is 3.08. The van der Waals surface area contributed by atoms with Gasteiger partial charge in [0.05, 0.1) is 0 Å². The molecule has 0 heterocycles. The minimum atomic E-state index is 0.886. The smallest absolute Gasteiger partial charge is 0.0382 e. The first-order valence-corrected chi connectivity index (χ1v) is 4.73. The van der Waals surface area contributed by atoms with E-state index in [1.165, 1.54) is 32.1 Å². The minimum Gasteiger partial charge on any atom is -0.301 e. The first-order chi connectivity index (χ1) is 5.31. The van der Waals surface area contributed by atoms with Gasteiger partial charge in [-0.2, -0.15) is 0 Å². The summed E-state index contributed by atoms with van der Waals surface area (Å²) in [6.45, 7) is 8.99. The van der Waals surface area contributed by atoms with Gasteiger partial charge in [0.15, 0.2) is 0 Å². The van der Waals surface area contributed by atoms with Crippen LogP contribution in [0, 0.1) is 5.92 Å². The lowest BCUT2D eigenvalue weighted by atomic mass is 9.99. The van der Waals surface area contributed by atoms with E-state index in [1.54, 1.807) is 0 Å². The van der Waals surface area contributed by atoms with Crippen LogP contribution in [0.25, 0.3) is 0 Å². The summed E-state index contributed by atoms with van der Waals surface area (Å²) in [5.41, 5.74) is 0. The van der Waals surface area contributed by atoms with Gasteiger partial charge >= 0.3 is 0 Å². The van der Waals surface area contributed by atoms with Crippen LogP contribution < -0.4 is 0 Å². The molecule has 11 heavy (non-hydrogen) atoms. The molecule has 1 nitrogen and oxygen atoms in total. The van der Waals surface area contributed by atoms with E-state index in [2.05, 4.69) is 25.6 Å². The first kappa shape index (κ1) is 10.7. The normalized spacial score (nSPS) is 12.9. The molecule has 1 heteroatoms. The van der Waals surface area contributed by atoms with Gasteiger partial charge in [0.2, 0.25) is 0 Å². The number of unbranched alkanes of at least 4 members (excludes halogenated alkanes) is 1. The highest BCUT2D eigenvalue weighted by Gasteiger charge is 1.99. The van der Waals surface area contributed by atoms with Gasteiger partial charge in [-0.25, -0.2) is 0 Å². The summed E-state index contributed by atoms with van der Waals surface area (Å²) < 4.78 is 0. The van der Waals surface area contributed by atoms with E-state index in [0.29, 0.717) is 0 Å². The molecule has 0 aliphatic heterocycles.